The molecule has 3 aromatic rings. The van der Waals surface area contributed by atoms with Crippen LogP contribution < -0.4 is 5.32 Å². The normalized spacial score (nSPS) is 29.8. The van der Waals surface area contributed by atoms with E-state index in [-0.39, 0.29) is 29.3 Å². The molecule has 4 heterocycles. The number of hydrogen-bond acceptors (Lipinski definition) is 7. The molecule has 42 heavy (non-hydrogen) atoms. The number of non-ortho nitro benzene ring substituents is 1. The van der Waals surface area contributed by atoms with Crippen LogP contribution >= 0.6 is 11.8 Å². The van der Waals surface area contributed by atoms with Crippen molar-refractivity contribution < 1.29 is 14.5 Å². The number of piperidine rings is 1. The molecule has 4 atom stereocenters. The van der Waals surface area contributed by atoms with Crippen molar-refractivity contribution >= 4 is 40.9 Å². The number of benzene rings is 3. The van der Waals surface area contributed by atoms with Crippen LogP contribution in [0.15, 0.2) is 72.3 Å². The molecule has 4 aliphatic rings. The van der Waals surface area contributed by atoms with E-state index in [4.69, 9.17) is 0 Å². The van der Waals surface area contributed by atoms with Gasteiger partial charge in [0, 0.05) is 65.6 Å². The predicted octanol–water partition coefficient (Wildman–Crippen LogP) is 5.12. The quantitative estimate of drug-likeness (QED) is 0.261. The fraction of sp³-hybridized carbons (Fsp3) is 0.333. The first-order valence-corrected chi connectivity index (χ1v) is 15.3. The number of anilines is 1. The Hall–Kier alpha value is -3.79. The number of Topliss-reactive ketones (excluding diaryl/α,β-unsaturated/α-hetero) is 1. The van der Waals surface area contributed by atoms with E-state index in [9.17, 15) is 14.9 Å². The molecular formula is C33H32N4O4S. The zero-order valence-electron chi connectivity index (χ0n) is 23.8. The van der Waals surface area contributed by atoms with Gasteiger partial charge in [-0.1, -0.05) is 59.7 Å². The predicted molar refractivity (Wildman–Crippen MR) is 164 cm³/mol. The third-order valence-corrected chi connectivity index (χ3v) is 10.6. The van der Waals surface area contributed by atoms with Crippen LogP contribution in [0.25, 0.3) is 6.08 Å². The van der Waals surface area contributed by atoms with E-state index >= 15 is 4.79 Å². The van der Waals surface area contributed by atoms with E-state index < -0.39 is 15.9 Å². The van der Waals surface area contributed by atoms with Gasteiger partial charge in [-0.25, -0.2) is 0 Å². The van der Waals surface area contributed by atoms with Gasteiger partial charge in [0.1, 0.15) is 5.54 Å². The molecule has 214 valence electrons. The third kappa shape index (κ3) is 3.63. The summed E-state index contributed by atoms with van der Waals surface area (Å²) in [5.74, 6) is 0.672. The maximum Gasteiger partial charge on any atom is 0.269 e. The molecule has 4 aliphatic heterocycles. The monoisotopic (exact) mass is 580 g/mol. The van der Waals surface area contributed by atoms with Crippen molar-refractivity contribution in [1.29, 1.82) is 0 Å². The number of fused-ring (bicyclic) bond motifs is 5. The van der Waals surface area contributed by atoms with Crippen LogP contribution in [-0.4, -0.2) is 64.2 Å². The zero-order chi connectivity index (χ0) is 29.4. The number of carbonyl (C=O) groups excluding carboxylic acids is 2. The number of aryl methyl sites for hydroxylation is 2. The van der Waals surface area contributed by atoms with Crippen molar-refractivity contribution in [2.24, 2.45) is 5.41 Å². The SMILES string of the molecule is Cc1ccc(/C=C2\CN(C)C[C@@]3(C2=O)[C@H](c2ccc(C)cc2)[C@@H]2CSCN2[C@@]32C(=O)Nc3ccc([N+](=O)[O-])cc32)cc1. The Morgan fingerprint density at radius 1 is 1.02 bits per heavy atom. The highest BCUT2D eigenvalue weighted by molar-refractivity contribution is 7.99. The number of nitrogens with zero attached hydrogens (tertiary/aromatic N) is 3. The number of rotatable bonds is 3. The fourth-order valence-corrected chi connectivity index (χ4v) is 9.28. The van der Waals surface area contributed by atoms with Gasteiger partial charge in [0.2, 0.25) is 0 Å². The van der Waals surface area contributed by atoms with Crippen LogP contribution in [0.5, 0.6) is 0 Å². The van der Waals surface area contributed by atoms with Crippen LogP contribution in [0, 0.1) is 29.4 Å². The van der Waals surface area contributed by atoms with Crippen molar-refractivity contribution in [2.45, 2.75) is 31.3 Å². The number of thioether (sulfide) groups is 1. The summed E-state index contributed by atoms with van der Waals surface area (Å²) in [5, 5.41) is 15.1. The van der Waals surface area contributed by atoms with Gasteiger partial charge in [-0.05, 0) is 44.2 Å². The molecule has 0 aromatic heterocycles. The minimum Gasteiger partial charge on any atom is -0.324 e. The first-order chi connectivity index (χ1) is 20.2. The number of likely N-dealkylation sites (N-methyl/N-ethyl adjacent to an activating group) is 1. The summed E-state index contributed by atoms with van der Waals surface area (Å²) in [7, 11) is 2.00. The van der Waals surface area contributed by atoms with Crippen LogP contribution in [-0.2, 0) is 15.1 Å². The molecule has 8 nitrogen and oxygen atoms in total. The summed E-state index contributed by atoms with van der Waals surface area (Å²) in [6.45, 7) is 4.87. The molecule has 0 unspecified atom stereocenters. The summed E-state index contributed by atoms with van der Waals surface area (Å²) < 4.78 is 0. The number of hydrogen-bond donors (Lipinski definition) is 1. The second-order valence-electron chi connectivity index (χ2n) is 12.1. The number of nitro groups is 1. The lowest BCUT2D eigenvalue weighted by atomic mass is 9.55. The number of nitro benzene ring substituents is 1. The fourth-order valence-electron chi connectivity index (χ4n) is 7.98. The Morgan fingerprint density at radius 2 is 1.71 bits per heavy atom. The highest BCUT2D eigenvalue weighted by Gasteiger charge is 2.78. The lowest BCUT2D eigenvalue weighted by Gasteiger charge is -2.51. The van der Waals surface area contributed by atoms with Gasteiger partial charge < -0.3 is 10.2 Å². The maximum atomic E-state index is 15.3. The van der Waals surface area contributed by atoms with E-state index in [1.807, 2.05) is 51.2 Å². The number of likely N-dealkylation sites (tertiary alicyclic amines) is 1. The Kier molecular flexibility index (Phi) is 6.20. The van der Waals surface area contributed by atoms with E-state index in [0.29, 0.717) is 35.8 Å². The molecule has 2 spiro atoms. The van der Waals surface area contributed by atoms with E-state index in [2.05, 4.69) is 39.4 Å². The first kappa shape index (κ1) is 27.1. The van der Waals surface area contributed by atoms with Crippen LogP contribution in [0.2, 0.25) is 0 Å². The molecule has 3 fully saturated rings. The molecule has 3 saturated heterocycles. The molecule has 0 radical (unpaired) electrons. The number of carbonyl (C=O) groups is 2. The van der Waals surface area contributed by atoms with Crippen molar-refractivity contribution in [3.8, 4) is 0 Å². The van der Waals surface area contributed by atoms with Gasteiger partial charge in [0.05, 0.1) is 10.3 Å². The number of nitrogens with one attached hydrogen (secondary N) is 1. The van der Waals surface area contributed by atoms with Crippen LogP contribution in [0.3, 0.4) is 0 Å². The first-order valence-electron chi connectivity index (χ1n) is 14.2. The molecule has 3 aromatic carbocycles. The Bertz CT molecular complexity index is 1670. The summed E-state index contributed by atoms with van der Waals surface area (Å²) in [6, 6.07) is 20.8. The topological polar surface area (TPSA) is 95.8 Å². The minimum atomic E-state index is -1.41. The summed E-state index contributed by atoms with van der Waals surface area (Å²) in [5.41, 5.74) is 3.18. The largest absolute Gasteiger partial charge is 0.324 e. The highest BCUT2D eigenvalue weighted by Crippen LogP contribution is 2.68. The molecule has 0 bridgehead atoms. The van der Waals surface area contributed by atoms with Crippen LogP contribution in [0.1, 0.15) is 33.7 Å². The molecule has 7 rings (SSSR count). The summed E-state index contributed by atoms with van der Waals surface area (Å²) in [6.07, 6.45) is 1.96. The van der Waals surface area contributed by atoms with Gasteiger partial charge in [-0.2, -0.15) is 0 Å². The Balaban J connectivity index is 1.54. The molecule has 1 N–H and O–H groups in total. The Morgan fingerprint density at radius 3 is 2.40 bits per heavy atom. The van der Waals surface area contributed by atoms with Gasteiger partial charge in [0.15, 0.2) is 5.78 Å². The zero-order valence-corrected chi connectivity index (χ0v) is 24.6. The second kappa shape index (κ2) is 9.62. The number of ketones is 1. The van der Waals surface area contributed by atoms with Crippen molar-refractivity contribution in [3.05, 3.63) is 110 Å². The summed E-state index contributed by atoms with van der Waals surface area (Å²) >= 11 is 1.74. The average Bonchev–Trinajstić information content (AvgIpc) is 3.61. The average molecular weight is 581 g/mol. The third-order valence-electron chi connectivity index (χ3n) is 9.60. The van der Waals surface area contributed by atoms with Gasteiger partial charge >= 0.3 is 0 Å². The van der Waals surface area contributed by atoms with Crippen molar-refractivity contribution in [1.82, 2.24) is 9.80 Å². The van der Waals surface area contributed by atoms with Crippen molar-refractivity contribution in [2.75, 3.05) is 37.1 Å². The molecule has 9 heteroatoms. The number of amides is 1. The van der Waals surface area contributed by atoms with E-state index in [1.54, 1.807) is 17.8 Å². The highest BCUT2D eigenvalue weighted by atomic mass is 32.2. The van der Waals surface area contributed by atoms with Gasteiger partial charge in [-0.15, -0.1) is 11.8 Å². The van der Waals surface area contributed by atoms with Gasteiger partial charge in [-0.3, -0.25) is 24.6 Å². The standard InChI is InChI=1S/C33H32N4O4S/c1-20-4-8-22(9-5-20)14-24-16-35(3)18-32(30(24)38)29(23-10-6-21(2)7-11-23)28-17-42-19-36(28)33(32)26-15-25(37(40)41)12-13-27(26)34-31(33)39/h4-15,28-29H,16-19H2,1-3H3,(H,34,39)/b24-14+/t28-,29+,32-,33-/m0/s1. The van der Waals surface area contributed by atoms with Crippen LogP contribution in [0.4, 0.5) is 11.4 Å². The second-order valence-corrected chi connectivity index (χ2v) is 13.1. The summed E-state index contributed by atoms with van der Waals surface area (Å²) in [4.78, 5) is 45.9. The lowest BCUT2D eigenvalue weighted by Crippen LogP contribution is -2.65. The minimum absolute atomic E-state index is 0.0549. The van der Waals surface area contributed by atoms with E-state index in [1.165, 1.54) is 12.1 Å². The molecule has 1 amide bonds. The lowest BCUT2D eigenvalue weighted by molar-refractivity contribution is -0.385. The molecule has 0 aliphatic carbocycles. The van der Waals surface area contributed by atoms with Gasteiger partial charge in [0.25, 0.3) is 11.6 Å². The smallest absolute Gasteiger partial charge is 0.269 e. The van der Waals surface area contributed by atoms with Crippen molar-refractivity contribution in [3.63, 3.8) is 0 Å². The molecule has 0 saturated carbocycles. The Labute approximate surface area is 248 Å². The maximum absolute atomic E-state index is 15.3. The van der Waals surface area contributed by atoms with E-state index in [0.717, 1.165) is 28.0 Å². The molecular weight excluding hydrogens is 548 g/mol.